The lowest BCUT2D eigenvalue weighted by molar-refractivity contribution is 0.996. The van der Waals surface area contributed by atoms with Crippen molar-refractivity contribution in [2.45, 2.75) is 0 Å². The van der Waals surface area contributed by atoms with Crippen LogP contribution in [0.2, 0.25) is 0 Å². The molecule has 3 heteroatoms. The molecule has 0 fully saturated rings. The van der Waals surface area contributed by atoms with Gasteiger partial charge >= 0.3 is 0 Å². The third-order valence-electron chi connectivity index (χ3n) is 8.59. The maximum absolute atomic E-state index is 5.21. The highest BCUT2D eigenvalue weighted by Gasteiger charge is 2.18. The Hall–Kier alpha value is -5.80. The first kappa shape index (κ1) is 23.9. The molecule has 0 amide bonds. The molecule has 0 atom stereocenters. The van der Waals surface area contributed by atoms with E-state index < -0.39 is 0 Å². The van der Waals surface area contributed by atoms with Gasteiger partial charge in [0, 0.05) is 21.9 Å². The Balaban J connectivity index is 1.39. The van der Waals surface area contributed by atoms with Gasteiger partial charge in [0.2, 0.25) is 5.95 Å². The first-order valence-electron chi connectivity index (χ1n) is 14.6. The topological polar surface area (TPSA) is 30.7 Å². The van der Waals surface area contributed by atoms with Gasteiger partial charge < -0.3 is 0 Å². The van der Waals surface area contributed by atoms with Gasteiger partial charge in [-0.1, -0.05) is 127 Å². The lowest BCUT2D eigenvalue weighted by atomic mass is 9.96. The highest BCUT2D eigenvalue weighted by molar-refractivity contribution is 6.21. The van der Waals surface area contributed by atoms with E-state index in [9.17, 15) is 0 Å². The summed E-state index contributed by atoms with van der Waals surface area (Å²) in [5.41, 5.74) is 6.10. The quantitative estimate of drug-likeness (QED) is 0.206. The van der Waals surface area contributed by atoms with Gasteiger partial charge in [-0.3, -0.25) is 4.57 Å². The lowest BCUT2D eigenvalue weighted by Gasteiger charge is -2.12. The molecule has 0 bridgehead atoms. The first-order chi connectivity index (χ1) is 21.3. The van der Waals surface area contributed by atoms with Crippen LogP contribution in [-0.2, 0) is 0 Å². The summed E-state index contributed by atoms with van der Waals surface area (Å²) in [7, 11) is 0. The summed E-state index contributed by atoms with van der Waals surface area (Å²) >= 11 is 0. The zero-order valence-corrected chi connectivity index (χ0v) is 23.3. The minimum Gasteiger partial charge on any atom is -0.278 e. The molecular weight excluding hydrogens is 522 g/mol. The van der Waals surface area contributed by atoms with Crippen molar-refractivity contribution in [3.05, 3.63) is 152 Å². The van der Waals surface area contributed by atoms with Gasteiger partial charge in [-0.15, -0.1) is 0 Å². The number of hydrogen-bond donors (Lipinski definition) is 0. The predicted octanol–water partition coefficient (Wildman–Crippen LogP) is 10.4. The van der Waals surface area contributed by atoms with Crippen LogP contribution in [-0.4, -0.2) is 14.5 Å². The smallest absolute Gasteiger partial charge is 0.235 e. The maximum Gasteiger partial charge on any atom is 0.235 e. The van der Waals surface area contributed by atoms with Crippen molar-refractivity contribution in [1.29, 1.82) is 0 Å². The van der Waals surface area contributed by atoms with Crippen LogP contribution in [0.15, 0.2) is 152 Å². The molecule has 0 unspecified atom stereocenters. The molecule has 0 N–H and O–H groups in total. The van der Waals surface area contributed by atoms with Crippen molar-refractivity contribution in [3.8, 4) is 28.5 Å². The summed E-state index contributed by atoms with van der Waals surface area (Å²) in [6, 6.07) is 53.7. The second-order valence-electron chi connectivity index (χ2n) is 11.1. The van der Waals surface area contributed by atoms with Gasteiger partial charge in [0.15, 0.2) is 0 Å². The molecule has 3 nitrogen and oxygen atoms in total. The van der Waals surface area contributed by atoms with Gasteiger partial charge in [0.1, 0.15) is 0 Å². The fourth-order valence-corrected chi connectivity index (χ4v) is 6.55. The minimum absolute atomic E-state index is 0.663. The van der Waals surface area contributed by atoms with E-state index in [-0.39, 0.29) is 0 Å². The van der Waals surface area contributed by atoms with E-state index >= 15 is 0 Å². The molecule has 2 heterocycles. The highest BCUT2D eigenvalue weighted by Crippen LogP contribution is 2.38. The van der Waals surface area contributed by atoms with E-state index in [0.29, 0.717) is 5.95 Å². The highest BCUT2D eigenvalue weighted by atomic mass is 15.2. The number of hydrogen-bond acceptors (Lipinski definition) is 2. The van der Waals surface area contributed by atoms with E-state index in [1.54, 1.807) is 0 Å². The summed E-state index contributed by atoms with van der Waals surface area (Å²) in [6.45, 7) is 0. The number of para-hydroxylation sites is 1. The third-order valence-corrected chi connectivity index (χ3v) is 8.59. The Labute approximate surface area is 248 Å². The molecule has 0 spiro atoms. The Bertz CT molecular complexity index is 2440. The van der Waals surface area contributed by atoms with Gasteiger partial charge in [-0.2, -0.15) is 0 Å². The Kier molecular flexibility index (Phi) is 5.20. The van der Waals surface area contributed by atoms with E-state index in [4.69, 9.17) is 9.97 Å². The average Bonchev–Trinajstić information content (AvgIpc) is 3.41. The number of rotatable bonds is 3. The van der Waals surface area contributed by atoms with Crippen LogP contribution in [0.4, 0.5) is 0 Å². The number of fused-ring (bicyclic) bond motifs is 8. The lowest BCUT2D eigenvalue weighted by Crippen LogP contribution is -2.04. The summed E-state index contributed by atoms with van der Waals surface area (Å²) in [4.78, 5) is 10.4. The summed E-state index contributed by atoms with van der Waals surface area (Å²) in [5, 5.41) is 9.87. The molecule has 2 aromatic heterocycles. The van der Waals surface area contributed by atoms with Crippen LogP contribution >= 0.6 is 0 Å². The van der Waals surface area contributed by atoms with Crippen molar-refractivity contribution in [2.75, 3.05) is 0 Å². The van der Waals surface area contributed by atoms with Gasteiger partial charge in [0.25, 0.3) is 0 Å². The van der Waals surface area contributed by atoms with Gasteiger partial charge in [0.05, 0.1) is 22.4 Å². The first-order valence-corrected chi connectivity index (χ1v) is 14.6. The van der Waals surface area contributed by atoms with Crippen LogP contribution in [0.5, 0.6) is 0 Å². The van der Waals surface area contributed by atoms with Crippen molar-refractivity contribution in [3.63, 3.8) is 0 Å². The standard InChI is InChI=1S/C40H25N3/c1-3-12-27(13-4-1)36-25-37(28-14-5-2-6-15-28)42-40(41-36)43-38-18-10-9-17-33(38)35-23-29-20-22-31-30-16-8-7-11-26(30)19-21-32(31)34(29)24-39(35)43/h1-25H. The summed E-state index contributed by atoms with van der Waals surface area (Å²) in [5.74, 6) is 0.663. The molecule has 200 valence electrons. The Morgan fingerprint density at radius 2 is 0.930 bits per heavy atom. The van der Waals surface area contributed by atoms with Crippen LogP contribution in [0.3, 0.4) is 0 Å². The molecule has 0 radical (unpaired) electrons. The van der Waals surface area contributed by atoms with Crippen LogP contribution < -0.4 is 0 Å². The summed E-state index contributed by atoms with van der Waals surface area (Å²) in [6.07, 6.45) is 0. The molecule has 0 aliphatic rings. The number of nitrogens with zero attached hydrogens (tertiary/aromatic N) is 3. The minimum atomic E-state index is 0.663. The van der Waals surface area contributed by atoms with E-state index in [2.05, 4.69) is 144 Å². The molecular formula is C40H25N3. The molecule has 0 saturated heterocycles. The molecule has 7 aromatic carbocycles. The molecule has 0 saturated carbocycles. The molecule has 9 rings (SSSR count). The fraction of sp³-hybridized carbons (Fsp3) is 0. The van der Waals surface area contributed by atoms with Crippen LogP contribution in [0.25, 0.3) is 82.6 Å². The predicted molar refractivity (Wildman–Crippen MR) is 180 cm³/mol. The Morgan fingerprint density at radius 3 is 1.65 bits per heavy atom. The normalized spacial score (nSPS) is 11.7. The number of benzene rings is 7. The van der Waals surface area contributed by atoms with Crippen molar-refractivity contribution in [1.82, 2.24) is 14.5 Å². The van der Waals surface area contributed by atoms with E-state index in [1.807, 2.05) is 12.1 Å². The van der Waals surface area contributed by atoms with Crippen molar-refractivity contribution >= 4 is 54.1 Å². The molecule has 9 aromatic rings. The number of aromatic nitrogens is 3. The fourth-order valence-electron chi connectivity index (χ4n) is 6.55. The van der Waals surface area contributed by atoms with Crippen LogP contribution in [0.1, 0.15) is 0 Å². The molecule has 0 aliphatic heterocycles. The van der Waals surface area contributed by atoms with E-state index in [1.165, 1.54) is 43.1 Å². The average molecular weight is 548 g/mol. The van der Waals surface area contributed by atoms with Crippen molar-refractivity contribution in [2.24, 2.45) is 0 Å². The monoisotopic (exact) mass is 547 g/mol. The molecule has 0 aliphatic carbocycles. The largest absolute Gasteiger partial charge is 0.278 e. The zero-order valence-electron chi connectivity index (χ0n) is 23.3. The Morgan fingerprint density at radius 1 is 0.349 bits per heavy atom. The van der Waals surface area contributed by atoms with Gasteiger partial charge in [-0.05, 0) is 56.6 Å². The second kappa shape index (κ2) is 9.37. The molecule has 43 heavy (non-hydrogen) atoms. The van der Waals surface area contributed by atoms with Crippen molar-refractivity contribution < 1.29 is 0 Å². The SMILES string of the molecule is c1ccc(-c2cc(-c3ccccc3)nc(-n3c4ccccc4c4cc5ccc6c7ccccc7ccc6c5cc43)n2)cc1. The third kappa shape index (κ3) is 3.75. The van der Waals surface area contributed by atoms with Gasteiger partial charge in [-0.25, -0.2) is 9.97 Å². The maximum atomic E-state index is 5.21. The van der Waals surface area contributed by atoms with E-state index in [0.717, 1.165) is 33.5 Å². The summed E-state index contributed by atoms with van der Waals surface area (Å²) < 4.78 is 2.24. The zero-order chi connectivity index (χ0) is 28.3. The second-order valence-corrected chi connectivity index (χ2v) is 11.1. The van der Waals surface area contributed by atoms with Crippen LogP contribution in [0, 0.1) is 0 Å².